The third-order valence-electron chi connectivity index (χ3n) is 5.91. The Morgan fingerprint density at radius 3 is 2.26 bits per heavy atom. The minimum atomic E-state index is -4.18. The Morgan fingerprint density at radius 1 is 0.947 bits per heavy atom. The average Bonchev–Trinajstić information content (AvgIpc) is 2.89. The van der Waals surface area contributed by atoms with Gasteiger partial charge in [0.25, 0.3) is 10.0 Å². The molecule has 3 rings (SSSR count). The van der Waals surface area contributed by atoms with E-state index in [1.807, 2.05) is 0 Å². The number of benzene rings is 3. The number of sulfonamides is 1. The molecule has 1 unspecified atom stereocenters. The van der Waals surface area contributed by atoms with E-state index in [0.29, 0.717) is 32.7 Å². The van der Waals surface area contributed by atoms with Crippen LogP contribution in [0.1, 0.15) is 25.0 Å². The van der Waals surface area contributed by atoms with Crippen molar-refractivity contribution in [3.8, 4) is 0 Å². The highest BCUT2D eigenvalue weighted by atomic mass is 35.5. The van der Waals surface area contributed by atoms with Crippen LogP contribution in [0.4, 0.5) is 5.69 Å². The van der Waals surface area contributed by atoms with Gasteiger partial charge in [-0.1, -0.05) is 65.1 Å². The van der Waals surface area contributed by atoms with Crippen molar-refractivity contribution in [1.29, 1.82) is 0 Å². The van der Waals surface area contributed by atoms with E-state index in [1.54, 1.807) is 69.3 Å². The number of amides is 2. The number of carbonyl (C=O) groups is 2. The molecule has 0 radical (unpaired) electrons. The molecule has 0 heterocycles. The van der Waals surface area contributed by atoms with Gasteiger partial charge in [-0.05, 0) is 68.3 Å². The topological polar surface area (TPSA) is 86.8 Å². The summed E-state index contributed by atoms with van der Waals surface area (Å²) in [5, 5.41) is 3.67. The van der Waals surface area contributed by atoms with E-state index in [4.69, 9.17) is 34.8 Å². The van der Waals surface area contributed by atoms with E-state index in [2.05, 4.69) is 5.32 Å². The zero-order valence-corrected chi connectivity index (χ0v) is 24.2. The number of halogens is 3. The lowest BCUT2D eigenvalue weighted by molar-refractivity contribution is -0.139. The maximum absolute atomic E-state index is 13.9. The summed E-state index contributed by atoms with van der Waals surface area (Å²) in [6.07, 6.45) is 0. The number of rotatable bonds is 10. The van der Waals surface area contributed by atoms with E-state index < -0.39 is 28.5 Å². The smallest absolute Gasteiger partial charge is 0.264 e. The van der Waals surface area contributed by atoms with E-state index in [0.717, 1.165) is 4.31 Å². The maximum atomic E-state index is 13.9. The fraction of sp³-hybridized carbons (Fsp3) is 0.259. The summed E-state index contributed by atoms with van der Waals surface area (Å²) in [5.41, 5.74) is 1.49. The second-order valence-corrected chi connectivity index (χ2v) is 11.7. The van der Waals surface area contributed by atoms with Crippen LogP contribution < -0.4 is 9.62 Å². The zero-order valence-electron chi connectivity index (χ0n) is 21.1. The van der Waals surface area contributed by atoms with Crippen molar-refractivity contribution >= 4 is 62.3 Å². The fourth-order valence-electron chi connectivity index (χ4n) is 3.82. The van der Waals surface area contributed by atoms with Crippen LogP contribution in [0.2, 0.25) is 15.1 Å². The van der Waals surface area contributed by atoms with Gasteiger partial charge < -0.3 is 10.2 Å². The highest BCUT2D eigenvalue weighted by molar-refractivity contribution is 7.92. The van der Waals surface area contributed by atoms with Crippen LogP contribution in [-0.2, 0) is 26.2 Å². The number of nitrogens with zero attached hydrogens (tertiary/aromatic N) is 2. The number of aryl methyl sites for hydroxylation is 1. The molecular formula is C27H28Cl3N3O4S. The van der Waals surface area contributed by atoms with Crippen LogP contribution in [0, 0.1) is 6.92 Å². The summed E-state index contributed by atoms with van der Waals surface area (Å²) >= 11 is 18.4. The third kappa shape index (κ3) is 6.99. The number of anilines is 1. The van der Waals surface area contributed by atoms with Crippen molar-refractivity contribution in [2.24, 2.45) is 0 Å². The lowest BCUT2D eigenvalue weighted by atomic mass is 10.1. The lowest BCUT2D eigenvalue weighted by Crippen LogP contribution is -2.51. The molecule has 0 aliphatic heterocycles. The predicted octanol–water partition coefficient (Wildman–Crippen LogP) is 5.70. The molecule has 11 heteroatoms. The molecule has 1 N–H and O–H groups in total. The molecule has 0 spiro atoms. The van der Waals surface area contributed by atoms with Crippen molar-refractivity contribution in [3.05, 3.63) is 92.9 Å². The van der Waals surface area contributed by atoms with Crippen molar-refractivity contribution in [2.45, 2.75) is 38.3 Å². The van der Waals surface area contributed by atoms with Gasteiger partial charge in [-0.25, -0.2) is 8.42 Å². The van der Waals surface area contributed by atoms with E-state index >= 15 is 0 Å². The van der Waals surface area contributed by atoms with E-state index in [9.17, 15) is 18.0 Å². The third-order valence-corrected chi connectivity index (χ3v) is 8.65. The van der Waals surface area contributed by atoms with Crippen molar-refractivity contribution in [2.75, 3.05) is 17.4 Å². The molecule has 0 aliphatic rings. The van der Waals surface area contributed by atoms with Gasteiger partial charge in [-0.15, -0.1) is 0 Å². The average molecular weight is 597 g/mol. The predicted molar refractivity (Wildman–Crippen MR) is 152 cm³/mol. The number of likely N-dealkylation sites (N-methyl/N-ethyl adjacent to an activating group) is 1. The standard InChI is InChI=1S/C27H28Cl3N3O4S/c1-4-31-27(35)19(3)32(16-20-11-13-23(29)24(30)14-20)26(34)17-33(25-15-21(28)12-10-18(25)2)38(36,37)22-8-6-5-7-9-22/h5-15,19H,4,16-17H2,1-3H3,(H,31,35). The van der Waals surface area contributed by atoms with Gasteiger partial charge in [0.05, 0.1) is 20.6 Å². The van der Waals surface area contributed by atoms with Gasteiger partial charge in [-0.3, -0.25) is 13.9 Å². The van der Waals surface area contributed by atoms with E-state index in [-0.39, 0.29) is 23.0 Å². The Balaban J connectivity index is 2.07. The molecule has 0 aliphatic carbocycles. The summed E-state index contributed by atoms with van der Waals surface area (Å²) < 4.78 is 28.6. The van der Waals surface area contributed by atoms with Gasteiger partial charge in [0, 0.05) is 18.1 Å². The number of hydrogen-bond donors (Lipinski definition) is 1. The summed E-state index contributed by atoms with van der Waals surface area (Å²) in [4.78, 5) is 28.0. The molecule has 38 heavy (non-hydrogen) atoms. The number of nitrogens with one attached hydrogen (secondary N) is 1. The van der Waals surface area contributed by atoms with Crippen LogP contribution in [0.25, 0.3) is 0 Å². The highest BCUT2D eigenvalue weighted by Crippen LogP contribution is 2.30. The molecule has 0 bridgehead atoms. The minimum absolute atomic E-state index is 0.00176. The van der Waals surface area contributed by atoms with Gasteiger partial charge in [0.15, 0.2) is 0 Å². The Bertz CT molecular complexity index is 1420. The van der Waals surface area contributed by atoms with Crippen molar-refractivity contribution in [3.63, 3.8) is 0 Å². The molecule has 0 saturated heterocycles. The molecule has 7 nitrogen and oxygen atoms in total. The van der Waals surface area contributed by atoms with Crippen LogP contribution in [-0.4, -0.2) is 44.3 Å². The summed E-state index contributed by atoms with van der Waals surface area (Å²) in [6, 6.07) is 16.6. The Labute approximate surface area is 238 Å². The SMILES string of the molecule is CCNC(=O)C(C)N(Cc1ccc(Cl)c(Cl)c1)C(=O)CN(c1cc(Cl)ccc1C)S(=O)(=O)c1ccccc1. The second-order valence-electron chi connectivity index (χ2n) is 8.60. The maximum Gasteiger partial charge on any atom is 0.264 e. The first-order valence-electron chi connectivity index (χ1n) is 11.8. The van der Waals surface area contributed by atoms with Crippen molar-refractivity contribution < 1.29 is 18.0 Å². The van der Waals surface area contributed by atoms with Crippen LogP contribution in [0.3, 0.4) is 0 Å². The molecule has 0 saturated carbocycles. The molecule has 2 amide bonds. The lowest BCUT2D eigenvalue weighted by Gasteiger charge is -2.32. The summed E-state index contributed by atoms with van der Waals surface area (Å²) in [5.74, 6) is -0.967. The largest absolute Gasteiger partial charge is 0.355 e. The van der Waals surface area contributed by atoms with Gasteiger partial charge >= 0.3 is 0 Å². The molecule has 3 aromatic carbocycles. The molecule has 0 fully saturated rings. The van der Waals surface area contributed by atoms with E-state index in [1.165, 1.54) is 23.1 Å². The highest BCUT2D eigenvalue weighted by Gasteiger charge is 2.33. The monoisotopic (exact) mass is 595 g/mol. The molecule has 202 valence electrons. The quantitative estimate of drug-likeness (QED) is 0.325. The van der Waals surface area contributed by atoms with Gasteiger partial charge in [0.1, 0.15) is 12.6 Å². The molecule has 0 aromatic heterocycles. The van der Waals surface area contributed by atoms with Crippen molar-refractivity contribution in [1.82, 2.24) is 10.2 Å². The summed E-state index contributed by atoms with van der Waals surface area (Å²) in [6.45, 7) is 4.89. The Kier molecular flexibility index (Phi) is 10.1. The van der Waals surface area contributed by atoms with Crippen LogP contribution in [0.15, 0.2) is 71.6 Å². The Morgan fingerprint density at radius 2 is 1.63 bits per heavy atom. The molecule has 1 atom stereocenters. The number of carbonyl (C=O) groups excluding carboxylic acids is 2. The first kappa shape index (κ1) is 29.8. The Hall–Kier alpha value is -2.78. The minimum Gasteiger partial charge on any atom is -0.355 e. The fourth-order valence-corrected chi connectivity index (χ4v) is 5.80. The number of hydrogen-bond acceptors (Lipinski definition) is 4. The normalized spacial score (nSPS) is 12.1. The summed E-state index contributed by atoms with van der Waals surface area (Å²) in [7, 11) is -4.18. The first-order valence-corrected chi connectivity index (χ1v) is 14.4. The zero-order chi connectivity index (χ0) is 28.0. The van der Waals surface area contributed by atoms with Crippen LogP contribution >= 0.6 is 34.8 Å². The van der Waals surface area contributed by atoms with Gasteiger partial charge in [-0.2, -0.15) is 0 Å². The second kappa shape index (κ2) is 12.8. The first-order chi connectivity index (χ1) is 17.9. The van der Waals surface area contributed by atoms with Crippen LogP contribution in [0.5, 0.6) is 0 Å². The molecular weight excluding hydrogens is 569 g/mol. The molecule has 3 aromatic rings. The van der Waals surface area contributed by atoms with Gasteiger partial charge in [0.2, 0.25) is 11.8 Å².